The van der Waals surface area contributed by atoms with Crippen LogP contribution in [0.5, 0.6) is 0 Å². The molecule has 0 aliphatic heterocycles. The van der Waals surface area contributed by atoms with Crippen LogP contribution in [0.3, 0.4) is 0 Å². The number of pyridine rings is 1. The molecule has 2 aromatic heterocycles. The second-order valence-corrected chi connectivity index (χ2v) is 2.19. The molecule has 0 aromatic carbocycles. The molecule has 4 heteroatoms. The fourth-order valence-electron chi connectivity index (χ4n) is 0.950. The monoisotopic (exact) mass is 146 g/mol. The predicted molar refractivity (Wildman–Crippen MR) is 41.7 cm³/mol. The molecule has 0 fully saturated rings. The van der Waals surface area contributed by atoms with Crippen LogP contribution < -0.4 is 5.73 Å². The zero-order valence-electron chi connectivity index (χ0n) is 5.73. The first-order valence-corrected chi connectivity index (χ1v) is 3.19. The smallest absolute Gasteiger partial charge is 0.154 e. The van der Waals surface area contributed by atoms with Gasteiger partial charge in [-0.25, -0.2) is 0 Å². The highest BCUT2D eigenvalue weighted by Crippen LogP contribution is 2.14. The number of anilines is 1. The van der Waals surface area contributed by atoms with Crippen molar-refractivity contribution in [2.75, 3.05) is 5.73 Å². The van der Waals surface area contributed by atoms with Gasteiger partial charge in [0.1, 0.15) is 0 Å². The van der Waals surface area contributed by atoms with E-state index in [-0.39, 0.29) is 0 Å². The number of nitrogen functional groups attached to an aromatic ring is 1. The van der Waals surface area contributed by atoms with Crippen LogP contribution >= 0.6 is 0 Å². The molecule has 0 saturated heterocycles. The summed E-state index contributed by atoms with van der Waals surface area (Å²) >= 11 is 0. The lowest BCUT2D eigenvalue weighted by molar-refractivity contribution is 1.06. The Hall–Kier alpha value is -1.71. The molecule has 11 heavy (non-hydrogen) atoms. The van der Waals surface area contributed by atoms with Crippen LogP contribution in [0.4, 0.5) is 5.82 Å². The Morgan fingerprint density at radius 2 is 2.18 bits per heavy atom. The van der Waals surface area contributed by atoms with Crippen LogP contribution in [-0.2, 0) is 0 Å². The van der Waals surface area contributed by atoms with Crippen LogP contribution in [0.1, 0.15) is 0 Å². The van der Waals surface area contributed by atoms with E-state index in [1.54, 1.807) is 18.6 Å². The minimum atomic E-state index is 0.449. The average Bonchev–Trinajstić information content (AvgIpc) is 2.06. The van der Waals surface area contributed by atoms with E-state index < -0.39 is 0 Å². The normalized spacial score (nSPS) is 10.2. The summed E-state index contributed by atoms with van der Waals surface area (Å²) in [7, 11) is 0. The number of hydrogen-bond donors (Lipinski definition) is 1. The maximum Gasteiger partial charge on any atom is 0.154 e. The summed E-state index contributed by atoms with van der Waals surface area (Å²) in [6.45, 7) is 0. The van der Waals surface area contributed by atoms with E-state index in [9.17, 15) is 0 Å². The first kappa shape index (κ1) is 6.03. The number of hydrogen-bond acceptors (Lipinski definition) is 4. The molecule has 0 radical (unpaired) electrons. The molecule has 0 aliphatic carbocycles. The van der Waals surface area contributed by atoms with Gasteiger partial charge in [-0.1, -0.05) is 0 Å². The van der Waals surface area contributed by atoms with Gasteiger partial charge in [-0.15, -0.1) is 5.10 Å². The Morgan fingerprint density at radius 3 is 3.00 bits per heavy atom. The molecule has 0 saturated carbocycles. The third-order valence-corrected chi connectivity index (χ3v) is 1.49. The molecule has 0 spiro atoms. The highest BCUT2D eigenvalue weighted by Gasteiger charge is 1.96. The zero-order chi connectivity index (χ0) is 7.68. The molecule has 0 bridgehead atoms. The number of nitrogens with two attached hydrogens (primary N) is 1. The standard InChI is InChI=1S/C7H6N4/c8-7-6-1-2-9-3-5(6)4-10-11-7/h1-4H,(H2,8,11). The van der Waals surface area contributed by atoms with Gasteiger partial charge in [-0.3, -0.25) is 4.98 Å². The van der Waals surface area contributed by atoms with Gasteiger partial charge < -0.3 is 5.73 Å². The minimum absolute atomic E-state index is 0.449. The predicted octanol–water partition coefficient (Wildman–Crippen LogP) is 0.607. The van der Waals surface area contributed by atoms with Crippen LogP contribution in [-0.4, -0.2) is 15.2 Å². The quantitative estimate of drug-likeness (QED) is 0.591. The molecular weight excluding hydrogens is 140 g/mol. The maximum atomic E-state index is 5.55. The van der Waals surface area contributed by atoms with E-state index in [0.717, 1.165) is 10.8 Å². The first-order chi connectivity index (χ1) is 5.38. The van der Waals surface area contributed by atoms with Crippen molar-refractivity contribution in [3.63, 3.8) is 0 Å². The number of rotatable bonds is 0. The van der Waals surface area contributed by atoms with E-state index in [4.69, 9.17) is 5.73 Å². The fourth-order valence-corrected chi connectivity index (χ4v) is 0.950. The summed E-state index contributed by atoms with van der Waals surface area (Å²) in [6.07, 6.45) is 5.03. The molecule has 2 aromatic rings. The molecule has 0 unspecified atom stereocenters. The van der Waals surface area contributed by atoms with Crippen LogP contribution in [0, 0.1) is 0 Å². The average molecular weight is 146 g/mol. The Labute approximate surface area is 63.1 Å². The molecular formula is C7H6N4. The molecule has 0 atom stereocenters. The lowest BCUT2D eigenvalue weighted by Gasteiger charge is -1.96. The fraction of sp³-hybridized carbons (Fsp3) is 0. The largest absolute Gasteiger partial charge is 0.382 e. The lowest BCUT2D eigenvalue weighted by Crippen LogP contribution is -1.93. The van der Waals surface area contributed by atoms with Crippen molar-refractivity contribution in [3.8, 4) is 0 Å². The molecule has 0 aliphatic rings. The van der Waals surface area contributed by atoms with Gasteiger partial charge in [-0.2, -0.15) is 5.10 Å². The Bertz CT molecular complexity index is 380. The van der Waals surface area contributed by atoms with Crippen molar-refractivity contribution in [2.45, 2.75) is 0 Å². The summed E-state index contributed by atoms with van der Waals surface area (Å²) in [4.78, 5) is 3.93. The molecule has 54 valence electrons. The van der Waals surface area contributed by atoms with E-state index in [2.05, 4.69) is 15.2 Å². The molecule has 2 rings (SSSR count). The van der Waals surface area contributed by atoms with Gasteiger partial charge in [0.2, 0.25) is 0 Å². The first-order valence-electron chi connectivity index (χ1n) is 3.19. The lowest BCUT2D eigenvalue weighted by atomic mass is 10.2. The van der Waals surface area contributed by atoms with Crippen LogP contribution in [0.15, 0.2) is 24.7 Å². The summed E-state index contributed by atoms with van der Waals surface area (Å²) in [5.74, 6) is 0.449. The second kappa shape index (κ2) is 2.16. The Balaban J connectivity index is 2.91. The van der Waals surface area contributed by atoms with Gasteiger partial charge in [0.05, 0.1) is 6.20 Å². The number of aromatic nitrogens is 3. The Kier molecular flexibility index (Phi) is 1.18. The summed E-state index contributed by atoms with van der Waals surface area (Å²) in [5, 5.41) is 9.22. The summed E-state index contributed by atoms with van der Waals surface area (Å²) in [6, 6.07) is 1.82. The van der Waals surface area contributed by atoms with Gasteiger partial charge in [0.15, 0.2) is 5.82 Å². The van der Waals surface area contributed by atoms with E-state index >= 15 is 0 Å². The van der Waals surface area contributed by atoms with Gasteiger partial charge in [0.25, 0.3) is 0 Å². The van der Waals surface area contributed by atoms with Gasteiger partial charge in [-0.05, 0) is 6.07 Å². The number of nitrogens with zero attached hydrogens (tertiary/aromatic N) is 3. The molecule has 2 N–H and O–H groups in total. The van der Waals surface area contributed by atoms with Crippen LogP contribution in [0.2, 0.25) is 0 Å². The van der Waals surface area contributed by atoms with Crippen molar-refractivity contribution in [1.29, 1.82) is 0 Å². The van der Waals surface area contributed by atoms with Crippen molar-refractivity contribution >= 4 is 16.6 Å². The van der Waals surface area contributed by atoms with E-state index in [1.165, 1.54) is 0 Å². The van der Waals surface area contributed by atoms with Crippen molar-refractivity contribution in [3.05, 3.63) is 24.7 Å². The molecule has 4 nitrogen and oxygen atoms in total. The van der Waals surface area contributed by atoms with Crippen LogP contribution in [0.25, 0.3) is 10.8 Å². The van der Waals surface area contributed by atoms with E-state index in [0.29, 0.717) is 5.82 Å². The maximum absolute atomic E-state index is 5.55. The topological polar surface area (TPSA) is 64.7 Å². The van der Waals surface area contributed by atoms with Crippen molar-refractivity contribution < 1.29 is 0 Å². The zero-order valence-corrected chi connectivity index (χ0v) is 5.73. The number of fused-ring (bicyclic) bond motifs is 1. The highest BCUT2D eigenvalue weighted by molar-refractivity contribution is 5.88. The summed E-state index contributed by atoms with van der Waals surface area (Å²) < 4.78 is 0. The van der Waals surface area contributed by atoms with Crippen molar-refractivity contribution in [1.82, 2.24) is 15.2 Å². The molecule has 2 heterocycles. The molecule has 0 amide bonds. The Morgan fingerprint density at radius 1 is 1.27 bits per heavy atom. The van der Waals surface area contributed by atoms with E-state index in [1.807, 2.05) is 6.07 Å². The SMILES string of the molecule is Nc1nncc2cnccc12. The highest BCUT2D eigenvalue weighted by atomic mass is 15.1. The third kappa shape index (κ3) is 0.881. The second-order valence-electron chi connectivity index (χ2n) is 2.19. The van der Waals surface area contributed by atoms with Gasteiger partial charge in [0, 0.05) is 23.2 Å². The van der Waals surface area contributed by atoms with Gasteiger partial charge >= 0.3 is 0 Å². The summed E-state index contributed by atoms with van der Waals surface area (Å²) in [5.41, 5.74) is 5.55. The minimum Gasteiger partial charge on any atom is -0.382 e. The van der Waals surface area contributed by atoms with Crippen molar-refractivity contribution in [2.24, 2.45) is 0 Å². The third-order valence-electron chi connectivity index (χ3n) is 1.49.